The Bertz CT molecular complexity index is 1080. The molecule has 0 aromatic heterocycles. The summed E-state index contributed by atoms with van der Waals surface area (Å²) in [6.07, 6.45) is -13.8. The van der Waals surface area contributed by atoms with Crippen molar-refractivity contribution in [2.75, 3.05) is 40.4 Å². The molecule has 0 bridgehead atoms. The average Bonchev–Trinajstić information content (AvgIpc) is 3.02. The van der Waals surface area contributed by atoms with Crippen LogP contribution in [0, 0.1) is 0 Å². The molecule has 10 atom stereocenters. The summed E-state index contributed by atoms with van der Waals surface area (Å²) in [6.45, 7) is 1.18. The second-order valence-corrected chi connectivity index (χ2v) is 11.3. The number of rotatable bonds is 13. The Morgan fingerprint density at radius 2 is 0.932 bits per heavy atom. The van der Waals surface area contributed by atoms with Crippen molar-refractivity contribution in [1.29, 1.82) is 0 Å². The molecular formula is C30H44N2O12. The van der Waals surface area contributed by atoms with Crippen molar-refractivity contribution in [3.8, 4) is 11.5 Å². The maximum Gasteiger partial charge on any atom is 0.229 e. The van der Waals surface area contributed by atoms with Crippen LogP contribution in [0.2, 0.25) is 0 Å². The molecule has 2 fully saturated rings. The van der Waals surface area contributed by atoms with Crippen molar-refractivity contribution < 1.29 is 59.8 Å². The molecule has 0 amide bonds. The van der Waals surface area contributed by atoms with E-state index < -0.39 is 74.6 Å². The Balaban J connectivity index is 1.32. The molecule has 0 spiro atoms. The van der Waals surface area contributed by atoms with E-state index in [2.05, 4.69) is 9.80 Å². The minimum atomic E-state index is -1.54. The number of likely N-dealkylation sites (N-methyl/N-ethyl adjacent to an activating group) is 2. The van der Waals surface area contributed by atoms with Gasteiger partial charge in [-0.1, -0.05) is 36.4 Å². The van der Waals surface area contributed by atoms with Gasteiger partial charge in [-0.2, -0.15) is 0 Å². The van der Waals surface area contributed by atoms with Gasteiger partial charge in [0.2, 0.25) is 12.6 Å². The molecule has 2 aromatic carbocycles. The summed E-state index contributed by atoms with van der Waals surface area (Å²) in [5, 5.41) is 80.0. The zero-order valence-corrected chi connectivity index (χ0v) is 24.7. The summed E-state index contributed by atoms with van der Waals surface area (Å²) < 4.78 is 22.8. The summed E-state index contributed by atoms with van der Waals surface area (Å²) in [6, 6.07) is 14.4. The Kier molecular flexibility index (Phi) is 12.3. The zero-order valence-electron chi connectivity index (χ0n) is 24.7. The van der Waals surface area contributed by atoms with E-state index in [1.165, 1.54) is 0 Å². The first-order valence-corrected chi connectivity index (χ1v) is 14.5. The molecular weight excluding hydrogens is 580 g/mol. The van der Waals surface area contributed by atoms with Crippen molar-refractivity contribution >= 4 is 0 Å². The summed E-state index contributed by atoms with van der Waals surface area (Å²) in [4.78, 5) is 4.14. The van der Waals surface area contributed by atoms with Gasteiger partial charge in [-0.05, 0) is 26.2 Å². The van der Waals surface area contributed by atoms with Gasteiger partial charge < -0.3 is 69.6 Å². The van der Waals surface area contributed by atoms with Crippen molar-refractivity contribution in [3.05, 3.63) is 59.7 Å². The molecule has 2 aliphatic rings. The molecule has 4 rings (SSSR count). The highest BCUT2D eigenvalue weighted by Crippen LogP contribution is 2.29. The third kappa shape index (κ3) is 8.23. The highest BCUT2D eigenvalue weighted by molar-refractivity contribution is 5.34. The molecule has 2 aromatic rings. The molecule has 8 N–H and O–H groups in total. The molecule has 14 nitrogen and oxygen atoms in total. The Labute approximate surface area is 255 Å². The number of hydrogen-bond donors (Lipinski definition) is 8. The lowest BCUT2D eigenvalue weighted by Gasteiger charge is -2.39. The predicted octanol–water partition coefficient (Wildman–Crippen LogP) is -2.39. The smallest absolute Gasteiger partial charge is 0.229 e. The van der Waals surface area contributed by atoms with Crippen LogP contribution in [0.25, 0.3) is 0 Å². The number of aliphatic hydroxyl groups is 8. The van der Waals surface area contributed by atoms with E-state index >= 15 is 0 Å². The molecule has 0 saturated carbocycles. The van der Waals surface area contributed by atoms with Crippen LogP contribution in [-0.2, 0) is 22.6 Å². The second-order valence-electron chi connectivity index (χ2n) is 11.3. The van der Waals surface area contributed by atoms with E-state index in [1.807, 2.05) is 38.4 Å². The maximum atomic E-state index is 10.4. The number of hydrogen-bond acceptors (Lipinski definition) is 14. The van der Waals surface area contributed by atoms with Gasteiger partial charge >= 0.3 is 0 Å². The fraction of sp³-hybridized carbons (Fsp3) is 0.600. The molecule has 246 valence electrons. The standard InChI is InChI=1S/C30H44N2O12/c1-31(13-17-7-3-5-9-19(17)41-29-27(39)25(37)23(35)21(15-33)43-29)11-12-32(2)14-18-8-4-6-10-20(18)42-30-28(40)26(38)24(36)22(16-34)44-30/h3-10,21-30,33-40H,11-16H2,1-2H3/t21-,22-,23-,24-,25+,26+,27-,28-,29-,30-/m1/s1. The largest absolute Gasteiger partial charge is 0.462 e. The number of benzene rings is 2. The first-order chi connectivity index (χ1) is 21.0. The lowest BCUT2D eigenvalue weighted by atomic mass is 9.99. The van der Waals surface area contributed by atoms with Crippen LogP contribution >= 0.6 is 0 Å². The van der Waals surface area contributed by atoms with Gasteiger partial charge in [0.1, 0.15) is 60.3 Å². The molecule has 0 radical (unpaired) electrons. The van der Waals surface area contributed by atoms with Crippen LogP contribution in [0.5, 0.6) is 11.5 Å². The third-order valence-electron chi connectivity index (χ3n) is 7.87. The van der Waals surface area contributed by atoms with Crippen LogP contribution in [0.3, 0.4) is 0 Å². The van der Waals surface area contributed by atoms with Gasteiger partial charge in [-0.15, -0.1) is 0 Å². The molecule has 2 heterocycles. The summed E-state index contributed by atoms with van der Waals surface area (Å²) in [7, 11) is 3.88. The average molecular weight is 625 g/mol. The molecule has 2 aliphatic heterocycles. The quantitative estimate of drug-likeness (QED) is 0.117. The third-order valence-corrected chi connectivity index (χ3v) is 7.87. The van der Waals surface area contributed by atoms with E-state index in [0.717, 1.165) is 11.1 Å². The lowest BCUT2D eigenvalue weighted by molar-refractivity contribution is -0.277. The van der Waals surface area contributed by atoms with E-state index in [4.69, 9.17) is 18.9 Å². The SMILES string of the molecule is CN(CCN(C)Cc1ccccc1O[C@@H]1O[C@H](CO)[C@@H](O)[C@H](O)[C@H]1O)Cc1ccccc1O[C@@H]1O[C@H](CO)[C@@H](O)[C@H](O)[C@H]1O. The van der Waals surface area contributed by atoms with Crippen molar-refractivity contribution in [1.82, 2.24) is 9.80 Å². The zero-order chi connectivity index (χ0) is 32.0. The normalized spacial score (nSPS) is 32.6. The Morgan fingerprint density at radius 1 is 0.568 bits per heavy atom. The first-order valence-electron chi connectivity index (χ1n) is 14.5. The molecule has 44 heavy (non-hydrogen) atoms. The number of ether oxygens (including phenoxy) is 4. The summed E-state index contributed by atoms with van der Waals surface area (Å²) >= 11 is 0. The summed E-state index contributed by atoms with van der Waals surface area (Å²) in [5.41, 5.74) is 1.60. The van der Waals surface area contributed by atoms with Crippen molar-refractivity contribution in [2.24, 2.45) is 0 Å². The van der Waals surface area contributed by atoms with E-state index in [9.17, 15) is 40.9 Å². The molecule has 14 heteroatoms. The molecule has 0 aliphatic carbocycles. The summed E-state index contributed by atoms with van der Waals surface area (Å²) in [5.74, 6) is 0.854. The van der Waals surface area contributed by atoms with Crippen LogP contribution in [-0.4, -0.2) is 152 Å². The highest BCUT2D eigenvalue weighted by atomic mass is 16.7. The van der Waals surface area contributed by atoms with Gasteiger partial charge in [0.05, 0.1) is 13.2 Å². The van der Waals surface area contributed by atoms with Gasteiger partial charge in [0, 0.05) is 37.3 Å². The molecule has 2 saturated heterocycles. The second kappa shape index (κ2) is 15.7. The van der Waals surface area contributed by atoms with Crippen LogP contribution in [0.4, 0.5) is 0 Å². The fourth-order valence-corrected chi connectivity index (χ4v) is 5.16. The fourth-order valence-electron chi connectivity index (χ4n) is 5.16. The van der Waals surface area contributed by atoms with Gasteiger partial charge in [0.15, 0.2) is 0 Å². The Morgan fingerprint density at radius 3 is 1.30 bits per heavy atom. The van der Waals surface area contributed by atoms with E-state index in [0.29, 0.717) is 37.7 Å². The van der Waals surface area contributed by atoms with Gasteiger partial charge in [0.25, 0.3) is 0 Å². The van der Waals surface area contributed by atoms with Crippen LogP contribution < -0.4 is 9.47 Å². The minimum Gasteiger partial charge on any atom is -0.462 e. The van der Waals surface area contributed by atoms with Crippen molar-refractivity contribution in [3.63, 3.8) is 0 Å². The maximum absolute atomic E-state index is 10.4. The van der Waals surface area contributed by atoms with Crippen LogP contribution in [0.1, 0.15) is 11.1 Å². The Hall–Kier alpha value is -2.44. The number of para-hydroxylation sites is 2. The molecule has 0 unspecified atom stereocenters. The lowest BCUT2D eigenvalue weighted by Crippen LogP contribution is -2.60. The van der Waals surface area contributed by atoms with Gasteiger partial charge in [-0.25, -0.2) is 0 Å². The topological polar surface area (TPSA) is 205 Å². The number of aliphatic hydroxyl groups excluding tert-OH is 8. The van der Waals surface area contributed by atoms with E-state index in [1.54, 1.807) is 24.3 Å². The van der Waals surface area contributed by atoms with Gasteiger partial charge in [-0.3, -0.25) is 0 Å². The van der Waals surface area contributed by atoms with E-state index in [-0.39, 0.29) is 0 Å². The number of nitrogens with zero attached hydrogens (tertiary/aromatic N) is 2. The van der Waals surface area contributed by atoms with Crippen molar-refractivity contribution in [2.45, 2.75) is 74.5 Å². The monoisotopic (exact) mass is 624 g/mol. The predicted molar refractivity (Wildman–Crippen MR) is 154 cm³/mol. The first kappa shape index (κ1) is 34.4. The van der Waals surface area contributed by atoms with Crippen LogP contribution in [0.15, 0.2) is 48.5 Å². The highest BCUT2D eigenvalue weighted by Gasteiger charge is 2.46. The minimum absolute atomic E-state index is 0.427.